The highest BCUT2D eigenvalue weighted by molar-refractivity contribution is 5.88. The van der Waals surface area contributed by atoms with Gasteiger partial charge in [0, 0.05) is 6.42 Å². The Hall–Kier alpha value is -3.01. The maximum Gasteiger partial charge on any atom is 0.407 e. The van der Waals surface area contributed by atoms with Crippen molar-refractivity contribution in [1.29, 1.82) is 0 Å². The van der Waals surface area contributed by atoms with Crippen molar-refractivity contribution in [3.05, 3.63) is 35.9 Å². The lowest BCUT2D eigenvalue weighted by Gasteiger charge is -2.15. The van der Waals surface area contributed by atoms with Gasteiger partial charge in [-0.1, -0.05) is 30.3 Å². The first-order valence-electron chi connectivity index (χ1n) is 7.49. The van der Waals surface area contributed by atoms with Gasteiger partial charge in [-0.3, -0.25) is 9.59 Å². The van der Waals surface area contributed by atoms with E-state index in [0.29, 0.717) is 19.3 Å². The van der Waals surface area contributed by atoms with Gasteiger partial charge in [-0.25, -0.2) is 4.79 Å². The smallest absolute Gasteiger partial charge is 0.407 e. The Morgan fingerprint density at radius 2 is 1.96 bits per heavy atom. The maximum absolute atomic E-state index is 11.7. The molecule has 0 aliphatic heterocycles. The largest absolute Gasteiger partial charge is 0.445 e. The first kappa shape index (κ1) is 19.0. The number of hydrogen-bond donors (Lipinski definition) is 3. The summed E-state index contributed by atoms with van der Waals surface area (Å²) in [7, 11) is 0. The molecule has 0 fully saturated rings. The molecule has 0 aliphatic carbocycles. The highest BCUT2D eigenvalue weighted by Gasteiger charge is 2.17. The van der Waals surface area contributed by atoms with Gasteiger partial charge in [0.05, 0.1) is 0 Å². The van der Waals surface area contributed by atoms with Gasteiger partial charge in [-0.15, -0.1) is 12.3 Å². The topological polar surface area (TPSA) is 111 Å². The zero-order valence-corrected chi connectivity index (χ0v) is 13.3. The normalized spacial score (nSPS) is 11.0. The number of nitrogens with two attached hydrogens (primary N) is 1. The van der Waals surface area contributed by atoms with Crippen LogP contribution in [-0.4, -0.2) is 30.5 Å². The lowest BCUT2D eigenvalue weighted by atomic mass is 10.1. The molecule has 0 aromatic heterocycles. The standard InChI is InChI=1S/C17H21N3O4/c1-2-3-5-10-14(16(18)22)20-15(21)11-19-17(23)24-12-13-8-6-4-7-9-13/h1,4,6-9,14H,3,5,10-12H2,(H2,18,22)(H,19,23)(H,20,21)/t14-/m0/s1. The average molecular weight is 331 g/mol. The van der Waals surface area contributed by atoms with E-state index in [-0.39, 0.29) is 13.2 Å². The number of alkyl carbamates (subject to hydrolysis) is 1. The molecule has 0 saturated heterocycles. The fraction of sp³-hybridized carbons (Fsp3) is 0.353. The minimum Gasteiger partial charge on any atom is -0.445 e. The van der Waals surface area contributed by atoms with E-state index in [2.05, 4.69) is 16.6 Å². The summed E-state index contributed by atoms with van der Waals surface area (Å²) in [5.74, 6) is 1.27. The van der Waals surface area contributed by atoms with Crippen LogP contribution >= 0.6 is 0 Å². The predicted octanol–water partition coefficient (Wildman–Crippen LogP) is 0.686. The summed E-state index contributed by atoms with van der Waals surface area (Å²) < 4.78 is 4.97. The lowest BCUT2D eigenvalue weighted by molar-refractivity contribution is -0.127. The molecule has 0 spiro atoms. The van der Waals surface area contributed by atoms with Gasteiger partial charge in [-0.2, -0.15) is 0 Å². The van der Waals surface area contributed by atoms with E-state index in [1.807, 2.05) is 30.3 Å². The van der Waals surface area contributed by atoms with Crippen LogP contribution in [0.1, 0.15) is 24.8 Å². The van der Waals surface area contributed by atoms with Crippen LogP contribution in [0.4, 0.5) is 4.79 Å². The van der Waals surface area contributed by atoms with Gasteiger partial charge in [0.15, 0.2) is 0 Å². The van der Waals surface area contributed by atoms with E-state index in [9.17, 15) is 14.4 Å². The van der Waals surface area contributed by atoms with Crippen molar-refractivity contribution >= 4 is 17.9 Å². The van der Waals surface area contributed by atoms with Crippen LogP contribution in [-0.2, 0) is 20.9 Å². The molecule has 0 bridgehead atoms. The molecular weight excluding hydrogens is 310 g/mol. The highest BCUT2D eigenvalue weighted by Crippen LogP contribution is 2.01. The Balaban J connectivity index is 2.29. The van der Waals surface area contributed by atoms with Crippen molar-refractivity contribution in [1.82, 2.24) is 10.6 Å². The molecule has 0 saturated carbocycles. The van der Waals surface area contributed by atoms with Crippen LogP contribution in [0.15, 0.2) is 30.3 Å². The van der Waals surface area contributed by atoms with Crippen molar-refractivity contribution in [3.8, 4) is 12.3 Å². The van der Waals surface area contributed by atoms with E-state index >= 15 is 0 Å². The number of unbranched alkanes of at least 4 members (excludes halogenated alkanes) is 1. The SMILES string of the molecule is C#CCCC[C@H](NC(=O)CNC(=O)OCc1ccccc1)C(N)=O. The van der Waals surface area contributed by atoms with Crippen molar-refractivity contribution < 1.29 is 19.1 Å². The Morgan fingerprint density at radius 3 is 2.58 bits per heavy atom. The molecular formula is C17H21N3O4. The summed E-state index contributed by atoms with van der Waals surface area (Å²) in [5.41, 5.74) is 6.05. The summed E-state index contributed by atoms with van der Waals surface area (Å²) >= 11 is 0. The van der Waals surface area contributed by atoms with Gasteiger partial charge >= 0.3 is 6.09 Å². The van der Waals surface area contributed by atoms with Crippen molar-refractivity contribution in [2.24, 2.45) is 5.73 Å². The van der Waals surface area contributed by atoms with Crippen molar-refractivity contribution in [3.63, 3.8) is 0 Å². The summed E-state index contributed by atoms with van der Waals surface area (Å²) in [6, 6.07) is 8.32. The average Bonchev–Trinajstić information content (AvgIpc) is 2.58. The summed E-state index contributed by atoms with van der Waals surface area (Å²) in [5, 5.41) is 4.76. The Morgan fingerprint density at radius 1 is 1.25 bits per heavy atom. The van der Waals surface area contributed by atoms with Gasteiger partial charge in [0.25, 0.3) is 0 Å². The van der Waals surface area contributed by atoms with E-state index in [1.165, 1.54) is 0 Å². The van der Waals surface area contributed by atoms with E-state index in [0.717, 1.165) is 5.56 Å². The zero-order chi connectivity index (χ0) is 17.8. The molecule has 7 nitrogen and oxygen atoms in total. The van der Waals surface area contributed by atoms with E-state index in [4.69, 9.17) is 16.9 Å². The number of hydrogen-bond acceptors (Lipinski definition) is 4. The van der Waals surface area contributed by atoms with Crippen molar-refractivity contribution in [2.75, 3.05) is 6.54 Å². The summed E-state index contributed by atoms with van der Waals surface area (Å²) in [6.07, 6.45) is 5.81. The molecule has 1 rings (SSSR count). The molecule has 24 heavy (non-hydrogen) atoms. The predicted molar refractivity (Wildman–Crippen MR) is 88.4 cm³/mol. The fourth-order valence-corrected chi connectivity index (χ4v) is 1.87. The molecule has 4 N–H and O–H groups in total. The monoisotopic (exact) mass is 331 g/mol. The molecule has 0 heterocycles. The summed E-state index contributed by atoms with van der Waals surface area (Å²) in [6.45, 7) is -0.211. The number of amides is 3. The summed E-state index contributed by atoms with van der Waals surface area (Å²) in [4.78, 5) is 34.5. The Bertz CT molecular complexity index is 596. The lowest BCUT2D eigenvalue weighted by Crippen LogP contribution is -2.47. The number of carbonyl (C=O) groups is 3. The zero-order valence-electron chi connectivity index (χ0n) is 13.3. The first-order valence-corrected chi connectivity index (χ1v) is 7.49. The third kappa shape index (κ3) is 7.84. The molecule has 0 aliphatic rings. The first-order chi connectivity index (χ1) is 11.5. The van der Waals surface area contributed by atoms with E-state index < -0.39 is 23.9 Å². The second kappa shape index (κ2) is 10.7. The second-order valence-corrected chi connectivity index (χ2v) is 5.03. The number of ether oxygens (including phenoxy) is 1. The van der Waals surface area contributed by atoms with Crippen LogP contribution in [0, 0.1) is 12.3 Å². The Labute approximate surface area is 140 Å². The van der Waals surface area contributed by atoms with Gasteiger partial charge < -0.3 is 21.1 Å². The molecule has 0 unspecified atom stereocenters. The second-order valence-electron chi connectivity index (χ2n) is 5.03. The maximum atomic E-state index is 11.7. The third-order valence-electron chi connectivity index (χ3n) is 3.10. The van der Waals surface area contributed by atoms with Crippen LogP contribution in [0.3, 0.4) is 0 Å². The van der Waals surface area contributed by atoms with E-state index in [1.54, 1.807) is 0 Å². The number of benzene rings is 1. The van der Waals surface area contributed by atoms with Gasteiger partial charge in [0.2, 0.25) is 11.8 Å². The molecule has 1 aromatic carbocycles. The molecule has 1 atom stereocenters. The van der Waals surface area contributed by atoms with Crippen molar-refractivity contribution in [2.45, 2.75) is 31.9 Å². The quantitative estimate of drug-likeness (QED) is 0.456. The Kier molecular flexibility index (Phi) is 8.47. The molecule has 1 aromatic rings. The number of nitrogens with one attached hydrogen (secondary N) is 2. The highest BCUT2D eigenvalue weighted by atomic mass is 16.5. The molecule has 3 amide bonds. The van der Waals surface area contributed by atoms with Gasteiger partial charge in [0.1, 0.15) is 19.2 Å². The number of rotatable bonds is 9. The molecule has 0 radical (unpaired) electrons. The minimum atomic E-state index is -0.812. The number of carbonyl (C=O) groups excluding carboxylic acids is 3. The number of primary amides is 1. The number of terminal acetylenes is 1. The minimum absolute atomic E-state index is 0.101. The van der Waals surface area contributed by atoms with Crippen LogP contribution in [0.5, 0.6) is 0 Å². The molecule has 7 heteroatoms. The fourth-order valence-electron chi connectivity index (χ4n) is 1.87. The van der Waals surface area contributed by atoms with Crippen LogP contribution in [0.25, 0.3) is 0 Å². The van der Waals surface area contributed by atoms with Crippen LogP contribution in [0.2, 0.25) is 0 Å². The third-order valence-corrected chi connectivity index (χ3v) is 3.10. The molecule has 128 valence electrons. The van der Waals surface area contributed by atoms with Crippen LogP contribution < -0.4 is 16.4 Å². The van der Waals surface area contributed by atoms with Gasteiger partial charge in [-0.05, 0) is 18.4 Å².